The molecule has 0 fully saturated rings. The zero-order chi connectivity index (χ0) is 19.0. The summed E-state index contributed by atoms with van der Waals surface area (Å²) >= 11 is 3.27. The molecular formula is C20H16BrFN4O. The lowest BCUT2D eigenvalue weighted by Gasteiger charge is -2.18. The molecule has 0 amide bonds. The quantitative estimate of drug-likeness (QED) is 0.496. The van der Waals surface area contributed by atoms with Gasteiger partial charge in [-0.3, -0.25) is 0 Å². The number of fused-ring (bicyclic) bond motifs is 1. The number of halogens is 2. The van der Waals surface area contributed by atoms with Crippen LogP contribution >= 0.6 is 15.9 Å². The first-order valence-corrected chi connectivity index (χ1v) is 9.06. The van der Waals surface area contributed by atoms with Gasteiger partial charge >= 0.3 is 0 Å². The van der Waals surface area contributed by atoms with Crippen molar-refractivity contribution in [2.45, 2.75) is 6.54 Å². The number of anilines is 2. The molecule has 0 saturated carbocycles. The van der Waals surface area contributed by atoms with Crippen LogP contribution in [0.4, 0.5) is 15.9 Å². The molecule has 0 aliphatic heterocycles. The molecule has 0 aliphatic carbocycles. The highest BCUT2D eigenvalue weighted by atomic mass is 79.9. The van der Waals surface area contributed by atoms with Gasteiger partial charge < -0.3 is 15.1 Å². The molecule has 0 bridgehead atoms. The molecule has 0 radical (unpaired) electrons. The van der Waals surface area contributed by atoms with Crippen LogP contribution in [0.2, 0.25) is 0 Å². The van der Waals surface area contributed by atoms with E-state index in [9.17, 15) is 4.39 Å². The summed E-state index contributed by atoms with van der Waals surface area (Å²) < 4.78 is 20.8. The molecule has 0 atom stereocenters. The Morgan fingerprint density at radius 1 is 1.11 bits per heavy atom. The molecule has 0 saturated heterocycles. The van der Waals surface area contributed by atoms with Gasteiger partial charge in [0.05, 0.1) is 17.7 Å². The van der Waals surface area contributed by atoms with E-state index in [4.69, 9.17) is 10.2 Å². The van der Waals surface area contributed by atoms with Gasteiger partial charge in [0.2, 0.25) is 0 Å². The zero-order valence-electron chi connectivity index (χ0n) is 14.5. The average molecular weight is 427 g/mol. The Labute approximate surface area is 163 Å². The van der Waals surface area contributed by atoms with Crippen molar-refractivity contribution in [3.05, 3.63) is 70.9 Å². The van der Waals surface area contributed by atoms with Gasteiger partial charge in [-0.15, -0.1) is 0 Å². The predicted molar refractivity (Wildman–Crippen MR) is 108 cm³/mol. The molecule has 2 aromatic heterocycles. The van der Waals surface area contributed by atoms with Crippen molar-refractivity contribution in [3.8, 4) is 11.3 Å². The van der Waals surface area contributed by atoms with Crippen LogP contribution in [0.25, 0.3) is 22.2 Å². The monoisotopic (exact) mass is 426 g/mol. The lowest BCUT2D eigenvalue weighted by atomic mass is 10.1. The summed E-state index contributed by atoms with van der Waals surface area (Å²) in [6, 6.07) is 14.5. The van der Waals surface area contributed by atoms with Crippen LogP contribution in [-0.4, -0.2) is 17.0 Å². The SMILES string of the molecule is CN(Cc1ccc(-c2ccc3ncnc(N)c3c2)o1)c1ccc(Br)cc1F. The third kappa shape index (κ3) is 3.50. The van der Waals surface area contributed by atoms with Crippen molar-refractivity contribution < 1.29 is 8.81 Å². The minimum absolute atomic E-state index is 0.288. The van der Waals surface area contributed by atoms with E-state index in [0.29, 0.717) is 28.3 Å². The van der Waals surface area contributed by atoms with Crippen LogP contribution in [0, 0.1) is 5.82 Å². The van der Waals surface area contributed by atoms with Crippen molar-refractivity contribution >= 4 is 38.3 Å². The van der Waals surface area contributed by atoms with E-state index < -0.39 is 0 Å². The maximum absolute atomic E-state index is 14.1. The van der Waals surface area contributed by atoms with E-state index in [1.807, 2.05) is 43.4 Å². The minimum Gasteiger partial charge on any atom is -0.459 e. The van der Waals surface area contributed by atoms with E-state index in [1.54, 1.807) is 11.0 Å². The third-order valence-corrected chi connectivity index (χ3v) is 4.82. The smallest absolute Gasteiger partial charge is 0.147 e. The molecule has 0 spiro atoms. The summed E-state index contributed by atoms with van der Waals surface area (Å²) in [4.78, 5) is 10.0. The summed E-state index contributed by atoms with van der Waals surface area (Å²) in [7, 11) is 1.82. The second-order valence-electron chi connectivity index (χ2n) is 6.21. The fourth-order valence-corrected chi connectivity index (χ4v) is 3.29. The van der Waals surface area contributed by atoms with Crippen LogP contribution in [0.3, 0.4) is 0 Å². The Bertz CT molecular complexity index is 1130. The molecule has 0 aliphatic rings. The van der Waals surface area contributed by atoms with E-state index in [2.05, 4.69) is 25.9 Å². The Morgan fingerprint density at radius 2 is 1.96 bits per heavy atom. The first kappa shape index (κ1) is 17.5. The van der Waals surface area contributed by atoms with E-state index in [0.717, 1.165) is 22.2 Å². The van der Waals surface area contributed by atoms with Crippen molar-refractivity contribution in [3.63, 3.8) is 0 Å². The van der Waals surface area contributed by atoms with Crippen molar-refractivity contribution in [2.24, 2.45) is 0 Å². The van der Waals surface area contributed by atoms with Gasteiger partial charge in [-0.05, 0) is 48.5 Å². The number of aromatic nitrogens is 2. The summed E-state index contributed by atoms with van der Waals surface area (Å²) in [5.41, 5.74) is 8.11. The highest BCUT2D eigenvalue weighted by Crippen LogP contribution is 2.29. The number of benzene rings is 2. The largest absolute Gasteiger partial charge is 0.459 e. The molecule has 136 valence electrons. The molecule has 2 heterocycles. The van der Waals surface area contributed by atoms with Gasteiger partial charge in [0.25, 0.3) is 0 Å². The predicted octanol–water partition coefficient (Wildman–Crippen LogP) is 5.01. The summed E-state index contributed by atoms with van der Waals surface area (Å²) in [5, 5.41) is 0.780. The van der Waals surface area contributed by atoms with Gasteiger partial charge in [0.15, 0.2) is 0 Å². The topological polar surface area (TPSA) is 68.2 Å². The molecule has 27 heavy (non-hydrogen) atoms. The van der Waals surface area contributed by atoms with E-state index in [1.165, 1.54) is 12.4 Å². The van der Waals surface area contributed by atoms with Crippen molar-refractivity contribution in [1.29, 1.82) is 0 Å². The first-order chi connectivity index (χ1) is 13.0. The average Bonchev–Trinajstić information content (AvgIpc) is 3.10. The summed E-state index contributed by atoms with van der Waals surface area (Å²) in [6.45, 7) is 0.442. The zero-order valence-corrected chi connectivity index (χ0v) is 16.1. The highest BCUT2D eigenvalue weighted by molar-refractivity contribution is 9.10. The second-order valence-corrected chi connectivity index (χ2v) is 7.12. The Morgan fingerprint density at radius 3 is 2.78 bits per heavy atom. The number of hydrogen-bond donors (Lipinski definition) is 1. The molecular weight excluding hydrogens is 411 g/mol. The maximum Gasteiger partial charge on any atom is 0.147 e. The van der Waals surface area contributed by atoms with E-state index >= 15 is 0 Å². The minimum atomic E-state index is -0.288. The van der Waals surface area contributed by atoms with Crippen LogP contribution in [0.1, 0.15) is 5.76 Å². The summed E-state index contributed by atoms with van der Waals surface area (Å²) in [5.74, 6) is 1.58. The standard InChI is InChI=1S/C20H16BrFN4O/c1-26(18-6-3-13(21)9-16(18)22)10-14-4-7-19(27-14)12-2-5-17-15(8-12)20(23)25-11-24-17/h2-9,11H,10H2,1H3,(H2,23,24,25). The molecule has 2 aromatic carbocycles. The second kappa shape index (κ2) is 7.00. The van der Waals surface area contributed by atoms with Gasteiger partial charge in [0, 0.05) is 22.5 Å². The van der Waals surface area contributed by atoms with Gasteiger partial charge in [-0.2, -0.15) is 0 Å². The number of hydrogen-bond acceptors (Lipinski definition) is 5. The van der Waals surface area contributed by atoms with Crippen molar-refractivity contribution in [2.75, 3.05) is 17.7 Å². The third-order valence-electron chi connectivity index (χ3n) is 4.33. The number of nitrogen functional groups attached to an aromatic ring is 1. The van der Waals surface area contributed by atoms with E-state index in [-0.39, 0.29) is 5.82 Å². The summed E-state index contributed by atoms with van der Waals surface area (Å²) in [6.07, 6.45) is 1.44. The molecule has 4 aromatic rings. The first-order valence-electron chi connectivity index (χ1n) is 8.27. The number of nitrogens with two attached hydrogens (primary N) is 1. The Kier molecular flexibility index (Phi) is 4.53. The van der Waals surface area contributed by atoms with Crippen LogP contribution in [-0.2, 0) is 6.54 Å². The highest BCUT2D eigenvalue weighted by Gasteiger charge is 2.12. The van der Waals surface area contributed by atoms with Crippen LogP contribution < -0.4 is 10.6 Å². The van der Waals surface area contributed by atoms with Gasteiger partial charge in [-0.25, -0.2) is 14.4 Å². The fraction of sp³-hybridized carbons (Fsp3) is 0.100. The van der Waals surface area contributed by atoms with Crippen LogP contribution in [0.15, 0.2) is 63.7 Å². The Hall–Kier alpha value is -2.93. The molecule has 0 unspecified atom stereocenters. The Balaban J connectivity index is 1.59. The van der Waals surface area contributed by atoms with Crippen LogP contribution in [0.5, 0.6) is 0 Å². The molecule has 2 N–H and O–H groups in total. The number of nitrogens with zero attached hydrogens (tertiary/aromatic N) is 3. The molecule has 7 heteroatoms. The lowest BCUT2D eigenvalue weighted by molar-refractivity contribution is 0.518. The normalized spacial score (nSPS) is 11.1. The number of rotatable bonds is 4. The molecule has 4 rings (SSSR count). The lowest BCUT2D eigenvalue weighted by Crippen LogP contribution is -2.17. The fourth-order valence-electron chi connectivity index (χ4n) is 2.96. The van der Waals surface area contributed by atoms with Gasteiger partial charge in [0.1, 0.15) is 29.5 Å². The maximum atomic E-state index is 14.1. The number of furan rings is 1. The van der Waals surface area contributed by atoms with Gasteiger partial charge in [-0.1, -0.05) is 15.9 Å². The molecule has 5 nitrogen and oxygen atoms in total. The van der Waals surface area contributed by atoms with Crippen molar-refractivity contribution in [1.82, 2.24) is 9.97 Å².